The van der Waals surface area contributed by atoms with Gasteiger partial charge in [0, 0.05) is 6.08 Å². The topological polar surface area (TPSA) is 80.4 Å². The second-order valence-electron chi connectivity index (χ2n) is 3.11. The molecule has 15 heavy (non-hydrogen) atoms. The molecule has 0 saturated carbocycles. The Morgan fingerprint density at radius 3 is 2.60 bits per heavy atom. The quantitative estimate of drug-likeness (QED) is 0.727. The third kappa shape index (κ3) is 2.95. The first-order valence-electron chi connectivity index (χ1n) is 4.32. The van der Waals surface area contributed by atoms with Gasteiger partial charge in [-0.1, -0.05) is 6.07 Å². The van der Waals surface area contributed by atoms with E-state index in [1.807, 2.05) is 6.92 Å². The van der Waals surface area contributed by atoms with E-state index in [1.54, 1.807) is 6.07 Å². The van der Waals surface area contributed by atoms with E-state index in [-0.39, 0.29) is 5.56 Å². The van der Waals surface area contributed by atoms with Gasteiger partial charge in [-0.25, -0.2) is 4.79 Å². The number of carbonyl (C=O) groups excluding carboxylic acids is 1. The molecule has 0 aliphatic heterocycles. The Hall–Kier alpha value is -2.10. The molecule has 3 N–H and O–H groups in total. The Bertz CT molecular complexity index is 435. The highest BCUT2D eigenvalue weighted by atomic mass is 16.4. The molecule has 0 unspecified atom stereocenters. The summed E-state index contributed by atoms with van der Waals surface area (Å²) in [6.45, 7) is 1.83. The average molecular weight is 205 g/mol. The van der Waals surface area contributed by atoms with Gasteiger partial charge < -0.3 is 10.8 Å². The summed E-state index contributed by atoms with van der Waals surface area (Å²) in [6.07, 6.45) is 2.71. The van der Waals surface area contributed by atoms with E-state index >= 15 is 0 Å². The molecule has 0 fully saturated rings. The molecule has 1 amide bonds. The highest BCUT2D eigenvalue weighted by Crippen LogP contribution is 2.12. The molecule has 0 spiro atoms. The van der Waals surface area contributed by atoms with E-state index in [1.165, 1.54) is 24.3 Å². The van der Waals surface area contributed by atoms with Crippen LogP contribution in [-0.4, -0.2) is 17.0 Å². The van der Waals surface area contributed by atoms with Crippen LogP contribution in [0.15, 0.2) is 24.3 Å². The highest BCUT2D eigenvalue weighted by Gasteiger charge is 2.04. The van der Waals surface area contributed by atoms with Crippen molar-refractivity contribution in [2.24, 2.45) is 5.73 Å². The van der Waals surface area contributed by atoms with Gasteiger partial charge in [-0.3, -0.25) is 4.79 Å². The molecule has 0 heterocycles. The van der Waals surface area contributed by atoms with Crippen molar-refractivity contribution in [1.82, 2.24) is 0 Å². The highest BCUT2D eigenvalue weighted by molar-refractivity contribution is 5.92. The predicted octanol–water partition coefficient (Wildman–Crippen LogP) is 1.19. The number of rotatable bonds is 3. The number of carboxylic acids is 1. The van der Waals surface area contributed by atoms with E-state index in [0.29, 0.717) is 5.56 Å². The smallest absolute Gasteiger partial charge is 0.335 e. The molecule has 4 heteroatoms. The van der Waals surface area contributed by atoms with Crippen molar-refractivity contribution in [2.75, 3.05) is 0 Å². The van der Waals surface area contributed by atoms with Crippen LogP contribution >= 0.6 is 0 Å². The number of carbonyl (C=O) groups is 2. The van der Waals surface area contributed by atoms with Crippen LogP contribution in [0.25, 0.3) is 6.08 Å². The fourth-order valence-electron chi connectivity index (χ4n) is 1.12. The largest absolute Gasteiger partial charge is 0.478 e. The van der Waals surface area contributed by atoms with Gasteiger partial charge in [0.1, 0.15) is 0 Å². The van der Waals surface area contributed by atoms with Gasteiger partial charge in [-0.05, 0) is 36.3 Å². The molecule has 78 valence electrons. The summed E-state index contributed by atoms with van der Waals surface area (Å²) in [5, 5.41) is 8.76. The van der Waals surface area contributed by atoms with Crippen LogP contribution in [0.3, 0.4) is 0 Å². The van der Waals surface area contributed by atoms with Gasteiger partial charge in [0.05, 0.1) is 5.56 Å². The van der Waals surface area contributed by atoms with Crippen LogP contribution in [0.4, 0.5) is 0 Å². The third-order valence-corrected chi connectivity index (χ3v) is 1.95. The number of aryl methyl sites for hydroxylation is 1. The summed E-state index contributed by atoms with van der Waals surface area (Å²) in [7, 11) is 0. The van der Waals surface area contributed by atoms with Crippen LogP contribution in [-0.2, 0) is 4.79 Å². The lowest BCUT2D eigenvalue weighted by Crippen LogP contribution is -2.05. The fraction of sp³-hybridized carbons (Fsp3) is 0.0909. The first-order valence-corrected chi connectivity index (χ1v) is 4.32. The first-order chi connectivity index (χ1) is 7.00. The van der Waals surface area contributed by atoms with Crippen molar-refractivity contribution >= 4 is 18.0 Å². The SMILES string of the molecule is Cc1ccc(C(=O)O)cc1C=CC(N)=O. The molecule has 0 aromatic heterocycles. The van der Waals surface area contributed by atoms with Crippen molar-refractivity contribution in [3.05, 3.63) is 41.0 Å². The monoisotopic (exact) mass is 205 g/mol. The molecular formula is C11H11NO3. The van der Waals surface area contributed by atoms with Gasteiger partial charge in [0.2, 0.25) is 5.91 Å². The molecular weight excluding hydrogens is 194 g/mol. The lowest BCUT2D eigenvalue weighted by Gasteiger charge is -2.01. The zero-order chi connectivity index (χ0) is 11.4. The minimum Gasteiger partial charge on any atom is -0.478 e. The van der Waals surface area contributed by atoms with Crippen LogP contribution in [0.1, 0.15) is 21.5 Å². The molecule has 1 aromatic rings. The number of primary amides is 1. The van der Waals surface area contributed by atoms with Crippen LogP contribution in [0.5, 0.6) is 0 Å². The molecule has 1 rings (SSSR count). The summed E-state index contributed by atoms with van der Waals surface area (Å²) in [6, 6.07) is 4.69. The third-order valence-electron chi connectivity index (χ3n) is 1.95. The summed E-state index contributed by atoms with van der Waals surface area (Å²) in [4.78, 5) is 21.2. The first kappa shape index (κ1) is 11.0. The van der Waals surface area contributed by atoms with Crippen molar-refractivity contribution in [1.29, 1.82) is 0 Å². The maximum Gasteiger partial charge on any atom is 0.335 e. The zero-order valence-corrected chi connectivity index (χ0v) is 8.23. The van der Waals surface area contributed by atoms with E-state index in [0.717, 1.165) is 5.56 Å². The maximum absolute atomic E-state index is 10.7. The molecule has 1 aromatic carbocycles. The number of hydrogen-bond donors (Lipinski definition) is 2. The zero-order valence-electron chi connectivity index (χ0n) is 8.23. The standard InChI is InChI=1S/C11H11NO3/c1-7-2-3-9(11(14)15)6-8(7)4-5-10(12)13/h2-6H,1H3,(H2,12,13)(H,14,15). The molecule has 0 atom stereocenters. The van der Waals surface area contributed by atoms with Crippen molar-refractivity contribution in [3.63, 3.8) is 0 Å². The second kappa shape index (κ2) is 4.41. The van der Waals surface area contributed by atoms with Gasteiger partial charge in [-0.15, -0.1) is 0 Å². The van der Waals surface area contributed by atoms with Crippen molar-refractivity contribution in [3.8, 4) is 0 Å². The number of hydrogen-bond acceptors (Lipinski definition) is 2. The van der Waals surface area contributed by atoms with E-state index in [9.17, 15) is 9.59 Å². The van der Waals surface area contributed by atoms with Crippen LogP contribution in [0, 0.1) is 6.92 Å². The Morgan fingerprint density at radius 2 is 2.07 bits per heavy atom. The Balaban J connectivity index is 3.11. The van der Waals surface area contributed by atoms with E-state index in [2.05, 4.69) is 0 Å². The second-order valence-corrected chi connectivity index (χ2v) is 3.11. The number of amides is 1. The Labute approximate surface area is 87.0 Å². The lowest BCUT2D eigenvalue weighted by atomic mass is 10.0. The molecule has 4 nitrogen and oxygen atoms in total. The minimum atomic E-state index is -0.997. The number of benzene rings is 1. The Kier molecular flexibility index (Phi) is 3.23. The minimum absolute atomic E-state index is 0.185. The van der Waals surface area contributed by atoms with Crippen LogP contribution in [0.2, 0.25) is 0 Å². The van der Waals surface area contributed by atoms with Gasteiger partial charge in [0.15, 0.2) is 0 Å². The molecule has 0 aliphatic rings. The Morgan fingerprint density at radius 1 is 1.40 bits per heavy atom. The fourth-order valence-corrected chi connectivity index (χ4v) is 1.12. The van der Waals surface area contributed by atoms with E-state index < -0.39 is 11.9 Å². The number of aromatic carboxylic acids is 1. The summed E-state index contributed by atoms with van der Waals surface area (Å²) in [5.41, 5.74) is 6.69. The van der Waals surface area contributed by atoms with Gasteiger partial charge in [-0.2, -0.15) is 0 Å². The van der Waals surface area contributed by atoms with Gasteiger partial charge in [0.25, 0.3) is 0 Å². The molecule has 0 bridgehead atoms. The van der Waals surface area contributed by atoms with Crippen molar-refractivity contribution in [2.45, 2.75) is 6.92 Å². The lowest BCUT2D eigenvalue weighted by molar-refractivity contribution is -0.113. The van der Waals surface area contributed by atoms with E-state index in [4.69, 9.17) is 10.8 Å². The number of carboxylic acid groups (broad SMARTS) is 1. The predicted molar refractivity (Wildman–Crippen MR) is 56.4 cm³/mol. The van der Waals surface area contributed by atoms with Crippen LogP contribution < -0.4 is 5.73 Å². The molecule has 0 saturated heterocycles. The molecule has 0 aliphatic carbocycles. The summed E-state index contributed by atoms with van der Waals surface area (Å²) < 4.78 is 0. The summed E-state index contributed by atoms with van der Waals surface area (Å²) in [5.74, 6) is -1.56. The maximum atomic E-state index is 10.7. The van der Waals surface area contributed by atoms with Crippen molar-refractivity contribution < 1.29 is 14.7 Å². The summed E-state index contributed by atoms with van der Waals surface area (Å²) >= 11 is 0. The normalized spacial score (nSPS) is 10.5. The van der Waals surface area contributed by atoms with Gasteiger partial charge >= 0.3 is 5.97 Å². The average Bonchev–Trinajstić information content (AvgIpc) is 2.16. The molecule has 0 radical (unpaired) electrons. The number of nitrogens with two attached hydrogens (primary N) is 1.